The van der Waals surface area contributed by atoms with Crippen LogP contribution in [0.4, 0.5) is 29.3 Å². The molecule has 1 amide bonds. The van der Waals surface area contributed by atoms with Crippen LogP contribution in [0.25, 0.3) is 0 Å². The Bertz CT molecular complexity index is 1270. The summed E-state index contributed by atoms with van der Waals surface area (Å²) < 4.78 is 73.0. The first-order valence-corrected chi connectivity index (χ1v) is 14.7. The van der Waals surface area contributed by atoms with Gasteiger partial charge in [0, 0.05) is 55.9 Å². The van der Waals surface area contributed by atoms with Gasteiger partial charge in [-0.05, 0) is 76.8 Å². The van der Waals surface area contributed by atoms with E-state index in [0.29, 0.717) is 37.7 Å². The lowest BCUT2D eigenvalue weighted by Gasteiger charge is -2.36. The van der Waals surface area contributed by atoms with Crippen LogP contribution in [0.5, 0.6) is 5.88 Å². The number of anilines is 2. The van der Waals surface area contributed by atoms with Crippen molar-refractivity contribution in [2.45, 2.75) is 74.6 Å². The lowest BCUT2D eigenvalue weighted by Crippen LogP contribution is -2.50. The van der Waals surface area contributed by atoms with Crippen molar-refractivity contribution in [3.8, 4) is 5.88 Å². The molecule has 0 spiro atoms. The zero-order chi connectivity index (χ0) is 29.1. The topological polar surface area (TPSA) is 101 Å². The predicted octanol–water partition coefficient (Wildman–Crippen LogP) is 5.23. The highest BCUT2D eigenvalue weighted by molar-refractivity contribution is 7.92. The highest BCUT2D eigenvalue weighted by Gasteiger charge is 2.46. The molecule has 0 unspecified atom stereocenters. The van der Waals surface area contributed by atoms with Crippen molar-refractivity contribution in [1.29, 1.82) is 0 Å². The Labute approximate surface area is 232 Å². The molecule has 9 nitrogen and oxygen atoms in total. The molecule has 1 aliphatic heterocycles. The van der Waals surface area contributed by atoms with Crippen molar-refractivity contribution >= 4 is 27.3 Å². The van der Waals surface area contributed by atoms with Gasteiger partial charge in [0.15, 0.2) is 0 Å². The minimum atomic E-state index is -5.36. The zero-order valence-electron chi connectivity index (χ0n) is 22.8. The number of benzene rings is 1. The Kier molecular flexibility index (Phi) is 8.72. The number of nitrogens with one attached hydrogen (secondary N) is 1. The first kappa shape index (κ1) is 29.8. The van der Waals surface area contributed by atoms with Crippen molar-refractivity contribution in [3.63, 3.8) is 0 Å². The second-order valence-electron chi connectivity index (χ2n) is 11.0. The lowest BCUT2D eigenvalue weighted by atomic mass is 9.92. The quantitative estimate of drug-likeness (QED) is 0.493. The van der Waals surface area contributed by atoms with Gasteiger partial charge in [-0.2, -0.15) is 13.2 Å². The summed E-state index contributed by atoms with van der Waals surface area (Å²) in [5, 5.41) is 3.27. The number of nitrogens with zero attached hydrogens (tertiary/aromatic N) is 3. The number of piperazine rings is 1. The molecule has 220 valence electrons. The second kappa shape index (κ2) is 11.7. The molecule has 13 heteroatoms. The fraction of sp³-hybridized carbons (Fsp3) is 0.556. The molecule has 1 saturated heterocycles. The number of alkyl halides is 3. The number of sulfone groups is 1. The van der Waals surface area contributed by atoms with Crippen molar-refractivity contribution < 1.29 is 35.9 Å². The number of aromatic nitrogens is 1. The fourth-order valence-corrected chi connectivity index (χ4v) is 5.49. The summed E-state index contributed by atoms with van der Waals surface area (Å²) in [7, 11) is -5.36. The second-order valence-corrected chi connectivity index (χ2v) is 13.0. The van der Waals surface area contributed by atoms with E-state index in [1.165, 1.54) is 12.1 Å². The fourth-order valence-electron chi connectivity index (χ4n) is 4.73. The van der Waals surface area contributed by atoms with E-state index in [-0.39, 0.29) is 18.2 Å². The molecule has 2 aliphatic rings. The Balaban J connectivity index is 1.24. The highest BCUT2D eigenvalue weighted by atomic mass is 32.2. The summed E-state index contributed by atoms with van der Waals surface area (Å²) in [6.45, 7) is 8.01. The summed E-state index contributed by atoms with van der Waals surface area (Å²) in [6, 6.07) is 8.55. The molecule has 1 N–H and O–H groups in total. The minimum Gasteiger partial charge on any atom is -0.474 e. The Morgan fingerprint density at radius 3 is 2.17 bits per heavy atom. The normalized spacial score (nSPS) is 20.6. The van der Waals surface area contributed by atoms with Crippen LogP contribution in [-0.2, 0) is 14.6 Å². The van der Waals surface area contributed by atoms with Crippen LogP contribution >= 0.6 is 0 Å². The SMILES string of the molecule is CC(C)(C)OC(=O)N1CCN(c2ccnc(OC3CCC(Nc4ccc(S(=O)(=O)C(F)(F)F)cc4)CC3)c2)CC1. The van der Waals surface area contributed by atoms with Gasteiger partial charge in [0.25, 0.3) is 9.84 Å². The largest absolute Gasteiger partial charge is 0.501 e. The number of hydrogen-bond donors (Lipinski definition) is 1. The average Bonchev–Trinajstić information content (AvgIpc) is 2.89. The number of pyridine rings is 1. The van der Waals surface area contributed by atoms with Crippen LogP contribution in [0, 0.1) is 0 Å². The molecular weight excluding hydrogens is 549 g/mol. The average molecular weight is 585 g/mol. The van der Waals surface area contributed by atoms with E-state index in [1.54, 1.807) is 11.1 Å². The summed E-state index contributed by atoms with van der Waals surface area (Å²) >= 11 is 0. The molecule has 2 fully saturated rings. The van der Waals surface area contributed by atoms with Crippen LogP contribution in [0.1, 0.15) is 46.5 Å². The van der Waals surface area contributed by atoms with Gasteiger partial charge in [-0.25, -0.2) is 18.2 Å². The summed E-state index contributed by atoms with van der Waals surface area (Å²) in [5.41, 5.74) is -4.32. The minimum absolute atomic E-state index is 0.0240. The number of rotatable bonds is 6. The van der Waals surface area contributed by atoms with E-state index >= 15 is 0 Å². The molecule has 1 aliphatic carbocycles. The number of carbonyl (C=O) groups excluding carboxylic acids is 1. The Hall–Kier alpha value is -3.22. The molecule has 0 radical (unpaired) electrons. The molecule has 1 saturated carbocycles. The number of ether oxygens (including phenoxy) is 2. The first-order valence-electron chi connectivity index (χ1n) is 13.2. The van der Waals surface area contributed by atoms with Gasteiger partial charge >= 0.3 is 11.6 Å². The van der Waals surface area contributed by atoms with E-state index in [1.807, 2.05) is 32.9 Å². The molecule has 1 aromatic heterocycles. The maximum Gasteiger partial charge on any atom is 0.501 e. The van der Waals surface area contributed by atoms with Crippen LogP contribution in [-0.4, -0.2) is 73.8 Å². The van der Waals surface area contributed by atoms with Gasteiger partial charge in [-0.15, -0.1) is 0 Å². The van der Waals surface area contributed by atoms with Crippen LogP contribution in [0.2, 0.25) is 0 Å². The standard InChI is InChI=1S/C27H35F3N4O5S/c1-26(2,3)39-25(35)34-16-14-33(15-17-34)21-12-13-31-24(18-21)38-22-8-4-19(5-9-22)32-20-6-10-23(11-7-20)40(36,37)27(28,29)30/h6-7,10-13,18-19,22,32H,4-5,8-9,14-17H2,1-3H3. The molecule has 1 aromatic carbocycles. The molecule has 2 aromatic rings. The maximum atomic E-state index is 12.7. The zero-order valence-corrected chi connectivity index (χ0v) is 23.6. The summed E-state index contributed by atoms with van der Waals surface area (Å²) in [5.74, 6) is 0.532. The summed E-state index contributed by atoms with van der Waals surface area (Å²) in [4.78, 5) is 19.8. The molecule has 0 atom stereocenters. The van der Waals surface area contributed by atoms with Crippen LogP contribution in [0.3, 0.4) is 0 Å². The third-order valence-corrected chi connectivity index (χ3v) is 8.32. The van der Waals surface area contributed by atoms with E-state index in [9.17, 15) is 26.4 Å². The third-order valence-electron chi connectivity index (χ3n) is 6.82. The molecule has 2 heterocycles. The smallest absolute Gasteiger partial charge is 0.474 e. The van der Waals surface area contributed by atoms with Gasteiger partial charge in [-0.3, -0.25) is 0 Å². The molecule has 4 rings (SSSR count). The Morgan fingerprint density at radius 2 is 1.60 bits per heavy atom. The van der Waals surface area contributed by atoms with Gasteiger partial charge < -0.3 is 24.6 Å². The number of carbonyl (C=O) groups is 1. The van der Waals surface area contributed by atoms with E-state index in [0.717, 1.165) is 43.5 Å². The van der Waals surface area contributed by atoms with E-state index in [2.05, 4.69) is 15.2 Å². The highest BCUT2D eigenvalue weighted by Crippen LogP contribution is 2.32. The van der Waals surface area contributed by atoms with Crippen LogP contribution in [0.15, 0.2) is 47.5 Å². The molecule has 0 bridgehead atoms. The first-order chi connectivity index (χ1) is 18.7. The Morgan fingerprint density at radius 1 is 0.975 bits per heavy atom. The van der Waals surface area contributed by atoms with Crippen molar-refractivity contribution in [1.82, 2.24) is 9.88 Å². The van der Waals surface area contributed by atoms with Crippen molar-refractivity contribution in [2.24, 2.45) is 0 Å². The van der Waals surface area contributed by atoms with Crippen molar-refractivity contribution in [3.05, 3.63) is 42.6 Å². The summed E-state index contributed by atoms with van der Waals surface area (Å²) in [6.07, 6.45) is 4.46. The predicted molar refractivity (Wildman–Crippen MR) is 144 cm³/mol. The van der Waals surface area contributed by atoms with E-state index in [4.69, 9.17) is 9.47 Å². The number of halogens is 3. The lowest BCUT2D eigenvalue weighted by molar-refractivity contribution is -0.0436. The van der Waals surface area contributed by atoms with Crippen LogP contribution < -0.4 is 15.0 Å². The van der Waals surface area contributed by atoms with Gasteiger partial charge in [0.1, 0.15) is 11.7 Å². The third kappa shape index (κ3) is 7.49. The van der Waals surface area contributed by atoms with Crippen molar-refractivity contribution in [2.75, 3.05) is 36.4 Å². The number of hydrogen-bond acceptors (Lipinski definition) is 8. The van der Waals surface area contributed by atoms with Gasteiger partial charge in [-0.1, -0.05) is 0 Å². The number of amides is 1. The van der Waals surface area contributed by atoms with Gasteiger partial charge in [0.05, 0.1) is 4.90 Å². The van der Waals surface area contributed by atoms with Gasteiger partial charge in [0.2, 0.25) is 5.88 Å². The van der Waals surface area contributed by atoms with E-state index < -0.39 is 25.8 Å². The maximum absolute atomic E-state index is 12.7. The monoisotopic (exact) mass is 584 g/mol. The molecular formula is C27H35F3N4O5S. The molecule has 40 heavy (non-hydrogen) atoms.